The molecule has 3 fully saturated rings. The Balaban J connectivity index is 1.37. The number of nitrogens with one attached hydrogen (secondary N) is 1. The van der Waals surface area contributed by atoms with Crippen LogP contribution in [0.25, 0.3) is 16.0 Å². The van der Waals surface area contributed by atoms with Gasteiger partial charge in [0.2, 0.25) is 21.0 Å². The molecule has 41 heavy (non-hydrogen) atoms. The summed E-state index contributed by atoms with van der Waals surface area (Å²) >= 11 is 0.664. The second-order valence-electron chi connectivity index (χ2n) is 12.3. The molecular formula is C25H31F2N7O5S2. The van der Waals surface area contributed by atoms with Crippen LogP contribution in [0, 0.1) is 5.41 Å². The Bertz CT molecular complexity index is 1630. The Hall–Kier alpha value is -3.11. The third-order valence-electron chi connectivity index (χ3n) is 7.48. The molecule has 0 bridgehead atoms. The number of hydrogen-bond donors (Lipinski definition) is 1. The summed E-state index contributed by atoms with van der Waals surface area (Å²) in [6.07, 6.45) is -1.70. The van der Waals surface area contributed by atoms with E-state index in [1.54, 1.807) is 11.0 Å². The lowest BCUT2D eigenvalue weighted by Gasteiger charge is -2.60. The minimum Gasteiger partial charge on any atom is -0.479 e. The highest BCUT2D eigenvalue weighted by molar-refractivity contribution is 7.89. The lowest BCUT2D eigenvalue weighted by atomic mass is 9.72. The van der Waals surface area contributed by atoms with Gasteiger partial charge in [0.15, 0.2) is 5.01 Å². The van der Waals surface area contributed by atoms with E-state index in [9.17, 15) is 22.0 Å². The highest BCUT2D eigenvalue weighted by Crippen LogP contribution is 2.47. The van der Waals surface area contributed by atoms with Gasteiger partial charge in [-0.05, 0) is 52.7 Å². The fourth-order valence-corrected chi connectivity index (χ4v) is 7.46. The zero-order chi connectivity index (χ0) is 29.5. The fraction of sp³-hybridized carbons (Fsp3) is 0.600. The summed E-state index contributed by atoms with van der Waals surface area (Å²) < 4.78 is 68.6. The van der Waals surface area contributed by atoms with Gasteiger partial charge in [0.1, 0.15) is 5.60 Å². The summed E-state index contributed by atoms with van der Waals surface area (Å²) in [5.41, 5.74) is -0.329. The summed E-state index contributed by atoms with van der Waals surface area (Å²) in [7, 11) is -2.50. The van der Waals surface area contributed by atoms with Crippen LogP contribution in [-0.2, 0) is 14.8 Å². The van der Waals surface area contributed by atoms with Crippen molar-refractivity contribution in [1.82, 2.24) is 29.6 Å². The van der Waals surface area contributed by atoms with Gasteiger partial charge in [-0.3, -0.25) is 0 Å². The van der Waals surface area contributed by atoms with Crippen molar-refractivity contribution >= 4 is 44.0 Å². The minimum absolute atomic E-state index is 0.0143. The van der Waals surface area contributed by atoms with Crippen LogP contribution < -0.4 is 14.4 Å². The molecule has 3 aromatic rings. The number of aromatic nitrogens is 4. The Morgan fingerprint density at radius 2 is 1.83 bits per heavy atom. The first-order valence-corrected chi connectivity index (χ1v) is 15.4. The molecule has 2 aromatic heterocycles. The molecule has 16 heteroatoms. The van der Waals surface area contributed by atoms with Crippen LogP contribution in [-0.4, -0.2) is 83.8 Å². The van der Waals surface area contributed by atoms with Crippen molar-refractivity contribution in [1.29, 1.82) is 0 Å². The Morgan fingerprint density at radius 1 is 1.15 bits per heavy atom. The molecule has 0 unspecified atom stereocenters. The van der Waals surface area contributed by atoms with Crippen molar-refractivity contribution in [3.63, 3.8) is 0 Å². The first-order valence-electron chi connectivity index (χ1n) is 13.1. The van der Waals surface area contributed by atoms with Gasteiger partial charge in [0.25, 0.3) is 6.43 Å². The van der Waals surface area contributed by atoms with E-state index in [0.29, 0.717) is 54.1 Å². The van der Waals surface area contributed by atoms with E-state index in [4.69, 9.17) is 9.47 Å². The molecule has 6 rings (SSSR count). The maximum Gasteiger partial charge on any atom is 0.410 e. The lowest BCUT2D eigenvalue weighted by molar-refractivity contribution is -0.0452. The minimum atomic E-state index is -3.93. The summed E-state index contributed by atoms with van der Waals surface area (Å²) in [6, 6.07) is 3.04. The van der Waals surface area contributed by atoms with Crippen LogP contribution in [0.2, 0.25) is 0 Å². The van der Waals surface area contributed by atoms with Gasteiger partial charge >= 0.3 is 6.09 Å². The lowest BCUT2D eigenvalue weighted by Crippen LogP contribution is -2.73. The van der Waals surface area contributed by atoms with Gasteiger partial charge in [0.05, 0.1) is 28.6 Å². The molecule has 1 amide bonds. The molecule has 2 aliphatic heterocycles. The van der Waals surface area contributed by atoms with Crippen molar-refractivity contribution in [2.24, 2.45) is 5.41 Å². The maximum absolute atomic E-state index is 13.5. The maximum atomic E-state index is 13.5. The summed E-state index contributed by atoms with van der Waals surface area (Å²) in [6.45, 7) is 9.49. The number of carbonyl (C=O) groups is 1. The Morgan fingerprint density at radius 3 is 2.39 bits per heavy atom. The number of likely N-dealkylation sites (tertiary alicyclic amines) is 1. The molecule has 3 aliphatic rings. The monoisotopic (exact) mass is 611 g/mol. The highest BCUT2D eigenvalue weighted by Gasteiger charge is 2.54. The quantitative estimate of drug-likeness (QED) is 0.425. The van der Waals surface area contributed by atoms with Gasteiger partial charge in [-0.2, -0.15) is 0 Å². The van der Waals surface area contributed by atoms with E-state index in [2.05, 4.69) is 20.0 Å². The van der Waals surface area contributed by atoms with Gasteiger partial charge in [-0.15, -0.1) is 15.3 Å². The van der Waals surface area contributed by atoms with Crippen LogP contribution in [0.4, 0.5) is 19.3 Å². The highest BCUT2D eigenvalue weighted by atomic mass is 32.2. The largest absolute Gasteiger partial charge is 0.479 e. The third-order valence-corrected chi connectivity index (χ3v) is 10.0. The number of fused-ring (bicyclic) bond motifs is 1. The molecule has 1 saturated carbocycles. The van der Waals surface area contributed by atoms with Crippen molar-refractivity contribution in [2.75, 3.05) is 38.2 Å². The number of benzene rings is 1. The normalized spacial score (nSPS) is 19.4. The standard InChI is InChI=1S/C25H31F2N7O5S2/c1-23(2,3)39-22(35)33-12-25(13-33)10-32(11-25)15-8-14(41(36,37)31-24(4)6-7-24)9-16-17(15)19(38-5)30-34(16)21-29-28-20(40-21)18(26)27/h8-9,18,31H,6-7,10-13H2,1-5H3. The van der Waals surface area contributed by atoms with Gasteiger partial charge in [-0.25, -0.2) is 31.4 Å². The SMILES string of the molecule is COc1nn(-c2nnc(C(F)F)s2)c2cc(S(=O)(=O)NC3(C)CC3)cc(N3CC4(CN(C(=O)OC(C)(C)C)C4)C3)c12. The summed E-state index contributed by atoms with van der Waals surface area (Å²) in [4.78, 5) is 16.2. The molecule has 1 N–H and O–H groups in total. The molecule has 2 saturated heterocycles. The van der Waals surface area contributed by atoms with Crippen molar-refractivity contribution < 1.29 is 31.5 Å². The number of carbonyl (C=O) groups excluding carboxylic acids is 1. The second-order valence-corrected chi connectivity index (χ2v) is 15.0. The number of alkyl halides is 2. The Labute approximate surface area is 239 Å². The van der Waals surface area contributed by atoms with E-state index in [1.807, 2.05) is 32.6 Å². The van der Waals surface area contributed by atoms with Crippen molar-refractivity contribution in [3.05, 3.63) is 17.1 Å². The van der Waals surface area contributed by atoms with E-state index < -0.39 is 32.6 Å². The van der Waals surface area contributed by atoms with Gasteiger partial charge in [0, 0.05) is 37.1 Å². The molecule has 0 radical (unpaired) electrons. The zero-order valence-electron chi connectivity index (χ0n) is 23.3. The number of methoxy groups -OCH3 is 1. The number of amides is 1. The fourth-order valence-electron chi connectivity index (χ4n) is 5.29. The number of rotatable bonds is 7. The smallest absolute Gasteiger partial charge is 0.410 e. The van der Waals surface area contributed by atoms with E-state index in [1.165, 1.54) is 17.9 Å². The van der Waals surface area contributed by atoms with Crippen LogP contribution in [0.3, 0.4) is 0 Å². The van der Waals surface area contributed by atoms with Gasteiger partial charge in [-0.1, -0.05) is 11.3 Å². The molecule has 12 nitrogen and oxygen atoms in total. The number of anilines is 1. The first-order chi connectivity index (χ1) is 19.1. The number of hydrogen-bond acceptors (Lipinski definition) is 10. The number of sulfonamides is 1. The van der Waals surface area contributed by atoms with E-state index >= 15 is 0 Å². The first kappa shape index (κ1) is 28.0. The summed E-state index contributed by atoms with van der Waals surface area (Å²) in [5.74, 6) is 0.194. The average Bonchev–Trinajstić information content (AvgIpc) is 3.21. The number of nitrogens with zero attached hydrogens (tertiary/aromatic N) is 6. The predicted octanol–water partition coefficient (Wildman–Crippen LogP) is 3.71. The molecular weight excluding hydrogens is 580 g/mol. The van der Waals surface area contributed by atoms with Crippen LogP contribution in [0.1, 0.15) is 52.0 Å². The van der Waals surface area contributed by atoms with Crippen LogP contribution in [0.15, 0.2) is 17.0 Å². The summed E-state index contributed by atoms with van der Waals surface area (Å²) in [5, 5.41) is 12.0. The second kappa shape index (κ2) is 9.19. The zero-order valence-corrected chi connectivity index (χ0v) is 24.9. The van der Waals surface area contributed by atoms with Crippen LogP contribution >= 0.6 is 11.3 Å². The molecule has 222 valence electrons. The third kappa shape index (κ3) is 5.09. The van der Waals surface area contributed by atoms with E-state index in [0.717, 1.165) is 12.8 Å². The topological polar surface area (TPSA) is 132 Å². The van der Waals surface area contributed by atoms with Crippen molar-refractivity contribution in [3.8, 4) is 11.0 Å². The number of ether oxygens (including phenoxy) is 2. The average molecular weight is 612 g/mol. The van der Waals surface area contributed by atoms with E-state index in [-0.39, 0.29) is 27.4 Å². The molecule has 0 atom stereocenters. The number of halogens is 2. The molecule has 1 spiro atoms. The van der Waals surface area contributed by atoms with Crippen molar-refractivity contribution in [2.45, 2.75) is 63.0 Å². The predicted molar refractivity (Wildman–Crippen MR) is 146 cm³/mol. The Kier molecular flexibility index (Phi) is 6.29. The molecule has 1 aromatic carbocycles. The molecule has 1 aliphatic carbocycles. The van der Waals surface area contributed by atoms with Crippen LogP contribution in [0.5, 0.6) is 5.88 Å². The van der Waals surface area contributed by atoms with Gasteiger partial charge < -0.3 is 19.3 Å². The molecule has 4 heterocycles.